The number of hydrogen-bond acceptors (Lipinski definition) is 1. The monoisotopic (exact) mass is 282 g/mol. The topological polar surface area (TPSA) is 37.3 Å². The summed E-state index contributed by atoms with van der Waals surface area (Å²) in [5.74, 6) is -2.64. The summed E-state index contributed by atoms with van der Waals surface area (Å²) in [6.07, 6.45) is 0. The molecule has 2 nitrogen and oxygen atoms in total. The van der Waals surface area contributed by atoms with Crippen LogP contribution in [0.15, 0.2) is 30.3 Å². The molecule has 0 aliphatic carbocycles. The van der Waals surface area contributed by atoms with Crippen molar-refractivity contribution in [2.45, 2.75) is 6.92 Å². The number of rotatable bonds is 2. The van der Waals surface area contributed by atoms with Crippen molar-refractivity contribution in [3.8, 4) is 11.1 Å². The van der Waals surface area contributed by atoms with Gasteiger partial charge in [-0.15, -0.1) is 0 Å². The Morgan fingerprint density at radius 3 is 2.47 bits per heavy atom. The summed E-state index contributed by atoms with van der Waals surface area (Å²) < 4.78 is 26.6. The van der Waals surface area contributed by atoms with E-state index in [1.165, 1.54) is 18.2 Å². The normalized spacial score (nSPS) is 10.5. The maximum Gasteiger partial charge on any atom is 0.338 e. The largest absolute Gasteiger partial charge is 0.478 e. The van der Waals surface area contributed by atoms with Gasteiger partial charge in [-0.1, -0.05) is 17.7 Å². The highest BCUT2D eigenvalue weighted by atomic mass is 35.5. The minimum atomic E-state index is -1.37. The predicted molar refractivity (Wildman–Crippen MR) is 68.5 cm³/mol. The molecule has 0 aromatic heterocycles. The molecule has 0 bridgehead atoms. The molecule has 0 aliphatic heterocycles. The van der Waals surface area contributed by atoms with E-state index in [2.05, 4.69) is 0 Å². The first-order valence-corrected chi connectivity index (χ1v) is 5.77. The first kappa shape index (κ1) is 13.5. The Bertz CT molecular complexity index is 669. The Balaban J connectivity index is 2.63. The van der Waals surface area contributed by atoms with E-state index in [0.29, 0.717) is 16.7 Å². The molecular weight excluding hydrogens is 274 g/mol. The molecule has 19 heavy (non-hydrogen) atoms. The van der Waals surface area contributed by atoms with Gasteiger partial charge in [-0.3, -0.25) is 0 Å². The van der Waals surface area contributed by atoms with Crippen molar-refractivity contribution >= 4 is 17.6 Å². The van der Waals surface area contributed by atoms with E-state index in [-0.39, 0.29) is 5.02 Å². The summed E-state index contributed by atoms with van der Waals surface area (Å²) in [7, 11) is 0. The second-order valence-electron chi connectivity index (χ2n) is 4.08. The fraction of sp³-hybridized carbons (Fsp3) is 0.0714. The summed E-state index contributed by atoms with van der Waals surface area (Å²) in [5, 5.41) is 9.02. The molecule has 0 atom stereocenters. The lowest BCUT2D eigenvalue weighted by Gasteiger charge is -2.08. The number of carboxylic acids is 1. The zero-order valence-corrected chi connectivity index (χ0v) is 10.6. The van der Waals surface area contributed by atoms with Gasteiger partial charge in [0.15, 0.2) is 0 Å². The zero-order chi connectivity index (χ0) is 14.2. The molecule has 0 amide bonds. The summed E-state index contributed by atoms with van der Waals surface area (Å²) in [4.78, 5) is 10.9. The molecule has 2 rings (SSSR count). The van der Waals surface area contributed by atoms with Gasteiger partial charge in [0.1, 0.15) is 11.6 Å². The zero-order valence-electron chi connectivity index (χ0n) is 9.88. The highest BCUT2D eigenvalue weighted by Crippen LogP contribution is 2.31. The Labute approximate surface area is 113 Å². The van der Waals surface area contributed by atoms with Gasteiger partial charge in [0.05, 0.1) is 10.6 Å². The van der Waals surface area contributed by atoms with Crippen LogP contribution in [-0.2, 0) is 0 Å². The van der Waals surface area contributed by atoms with E-state index in [0.717, 1.165) is 12.1 Å². The average Bonchev–Trinajstić information content (AvgIpc) is 2.34. The number of halogens is 3. The van der Waals surface area contributed by atoms with Crippen LogP contribution in [0, 0.1) is 18.6 Å². The van der Waals surface area contributed by atoms with Crippen molar-refractivity contribution in [1.29, 1.82) is 0 Å². The van der Waals surface area contributed by atoms with Crippen LogP contribution in [0.4, 0.5) is 8.78 Å². The van der Waals surface area contributed by atoms with Crippen molar-refractivity contribution in [3.63, 3.8) is 0 Å². The van der Waals surface area contributed by atoms with E-state index < -0.39 is 23.2 Å². The van der Waals surface area contributed by atoms with Crippen LogP contribution >= 0.6 is 11.6 Å². The molecule has 0 heterocycles. The number of carbonyl (C=O) groups is 1. The number of hydrogen-bond donors (Lipinski definition) is 1. The third kappa shape index (κ3) is 2.58. The molecule has 1 N–H and O–H groups in total. The highest BCUT2D eigenvalue weighted by molar-refractivity contribution is 6.33. The number of aryl methyl sites for hydroxylation is 1. The Kier molecular flexibility index (Phi) is 3.53. The van der Waals surface area contributed by atoms with Gasteiger partial charge in [-0.2, -0.15) is 0 Å². The number of aromatic carboxylic acids is 1. The molecule has 0 unspecified atom stereocenters. The standard InChI is InChI=1S/C14H9ClF2O2/c1-7-4-9(11(15)6-13(7)17)8-2-3-12(16)10(5-8)14(18)19/h2-6H,1H3,(H,18,19). The first-order chi connectivity index (χ1) is 8.90. The first-order valence-electron chi connectivity index (χ1n) is 5.39. The van der Waals surface area contributed by atoms with Gasteiger partial charge < -0.3 is 5.11 Å². The highest BCUT2D eigenvalue weighted by Gasteiger charge is 2.14. The summed E-state index contributed by atoms with van der Waals surface area (Å²) >= 11 is 5.93. The molecule has 2 aromatic rings. The molecular formula is C14H9ClF2O2. The van der Waals surface area contributed by atoms with Crippen LogP contribution in [0.2, 0.25) is 5.02 Å². The Morgan fingerprint density at radius 2 is 1.84 bits per heavy atom. The van der Waals surface area contributed by atoms with Gasteiger partial charge in [0.2, 0.25) is 0 Å². The van der Waals surface area contributed by atoms with Crippen LogP contribution in [0.25, 0.3) is 11.1 Å². The molecule has 0 aliphatic rings. The lowest BCUT2D eigenvalue weighted by atomic mass is 10.0. The minimum absolute atomic E-state index is 0.144. The fourth-order valence-electron chi connectivity index (χ4n) is 1.74. The van der Waals surface area contributed by atoms with E-state index in [9.17, 15) is 13.6 Å². The van der Waals surface area contributed by atoms with Gasteiger partial charge >= 0.3 is 5.97 Å². The van der Waals surface area contributed by atoms with Crippen LogP contribution < -0.4 is 0 Å². The molecule has 2 aromatic carbocycles. The minimum Gasteiger partial charge on any atom is -0.478 e. The second-order valence-corrected chi connectivity index (χ2v) is 4.49. The quantitative estimate of drug-likeness (QED) is 0.892. The third-order valence-corrected chi connectivity index (χ3v) is 3.07. The number of benzene rings is 2. The van der Waals surface area contributed by atoms with Crippen molar-refractivity contribution in [2.24, 2.45) is 0 Å². The fourth-order valence-corrected chi connectivity index (χ4v) is 1.99. The maximum atomic E-state index is 13.3. The molecule has 0 saturated carbocycles. The smallest absolute Gasteiger partial charge is 0.338 e. The lowest BCUT2D eigenvalue weighted by molar-refractivity contribution is 0.0692. The SMILES string of the molecule is Cc1cc(-c2ccc(F)c(C(=O)O)c2)c(Cl)cc1F. The van der Waals surface area contributed by atoms with Gasteiger partial charge in [0, 0.05) is 5.56 Å². The van der Waals surface area contributed by atoms with Gasteiger partial charge in [-0.25, -0.2) is 13.6 Å². The summed E-state index contributed by atoms with van der Waals surface area (Å²) in [5.41, 5.74) is 0.811. The summed E-state index contributed by atoms with van der Waals surface area (Å²) in [6, 6.07) is 6.27. The molecule has 0 fully saturated rings. The second kappa shape index (κ2) is 4.97. The maximum absolute atomic E-state index is 13.3. The van der Waals surface area contributed by atoms with Crippen LogP contribution in [0.3, 0.4) is 0 Å². The lowest BCUT2D eigenvalue weighted by Crippen LogP contribution is -2.00. The molecule has 0 radical (unpaired) electrons. The molecule has 0 saturated heterocycles. The third-order valence-electron chi connectivity index (χ3n) is 2.76. The van der Waals surface area contributed by atoms with Crippen LogP contribution in [0.1, 0.15) is 15.9 Å². The van der Waals surface area contributed by atoms with Crippen molar-refractivity contribution < 1.29 is 18.7 Å². The van der Waals surface area contributed by atoms with Gasteiger partial charge in [0.25, 0.3) is 0 Å². The van der Waals surface area contributed by atoms with Crippen molar-refractivity contribution in [3.05, 3.63) is 58.1 Å². The molecule has 98 valence electrons. The Hall–Kier alpha value is -1.94. The van der Waals surface area contributed by atoms with E-state index in [1.807, 2.05) is 0 Å². The van der Waals surface area contributed by atoms with Crippen LogP contribution in [-0.4, -0.2) is 11.1 Å². The van der Waals surface area contributed by atoms with Crippen molar-refractivity contribution in [1.82, 2.24) is 0 Å². The predicted octanol–water partition coefficient (Wildman–Crippen LogP) is 4.29. The molecule has 5 heteroatoms. The van der Waals surface area contributed by atoms with Crippen LogP contribution in [0.5, 0.6) is 0 Å². The van der Waals surface area contributed by atoms with E-state index in [4.69, 9.17) is 16.7 Å². The van der Waals surface area contributed by atoms with E-state index >= 15 is 0 Å². The molecule has 0 spiro atoms. The number of carboxylic acid groups (broad SMARTS) is 1. The van der Waals surface area contributed by atoms with Crippen molar-refractivity contribution in [2.75, 3.05) is 0 Å². The Morgan fingerprint density at radius 1 is 1.16 bits per heavy atom. The van der Waals surface area contributed by atoms with E-state index in [1.54, 1.807) is 6.92 Å². The average molecular weight is 283 g/mol. The van der Waals surface area contributed by atoms with Gasteiger partial charge in [-0.05, 0) is 42.3 Å². The summed E-state index contributed by atoms with van der Waals surface area (Å²) in [6.45, 7) is 1.57.